The van der Waals surface area contributed by atoms with Gasteiger partial charge in [0.1, 0.15) is 0 Å². The zero-order chi connectivity index (χ0) is 12.3. The maximum absolute atomic E-state index is 11.1. The molecule has 0 radical (unpaired) electrons. The van der Waals surface area contributed by atoms with E-state index in [-0.39, 0.29) is 5.97 Å². The second kappa shape index (κ2) is 5.36. The summed E-state index contributed by atoms with van der Waals surface area (Å²) < 4.78 is 6.49. The molecule has 90 valence electrons. The van der Waals surface area contributed by atoms with Crippen molar-refractivity contribution < 1.29 is 9.53 Å². The molecule has 0 fully saturated rings. The van der Waals surface area contributed by atoms with Crippen molar-refractivity contribution in [3.63, 3.8) is 0 Å². The van der Waals surface area contributed by atoms with E-state index in [0.29, 0.717) is 0 Å². The molecular formula is C12H16ClIO2. The molecule has 1 rings (SSSR count). The summed E-state index contributed by atoms with van der Waals surface area (Å²) in [6, 6.07) is 7.92. The number of ether oxygens (including phenoxy) is 1. The van der Waals surface area contributed by atoms with Crippen molar-refractivity contribution in [2.75, 3.05) is 4.93 Å². The zero-order valence-corrected chi connectivity index (χ0v) is 12.8. The van der Waals surface area contributed by atoms with Gasteiger partial charge in [-0.15, -0.1) is 0 Å². The molecule has 0 aliphatic heterocycles. The molecule has 4 heteroatoms. The summed E-state index contributed by atoms with van der Waals surface area (Å²) in [5, 5.41) is 0. The maximum atomic E-state index is 11.1. The van der Waals surface area contributed by atoms with Crippen LogP contribution in [0, 0.1) is 3.57 Å². The van der Waals surface area contributed by atoms with Gasteiger partial charge in [0.25, 0.3) is 0 Å². The van der Waals surface area contributed by atoms with E-state index in [4.69, 9.17) is 13.6 Å². The molecule has 0 bridgehead atoms. The van der Waals surface area contributed by atoms with Gasteiger partial charge < -0.3 is 0 Å². The van der Waals surface area contributed by atoms with Crippen LogP contribution in [0.25, 0.3) is 0 Å². The molecule has 0 heterocycles. The van der Waals surface area contributed by atoms with Gasteiger partial charge in [0.15, 0.2) is 0 Å². The van der Waals surface area contributed by atoms with Crippen LogP contribution < -0.4 is 0 Å². The molecular weight excluding hydrogens is 338 g/mol. The van der Waals surface area contributed by atoms with Crippen molar-refractivity contribution in [2.24, 2.45) is 0 Å². The number of benzene rings is 1. The van der Waals surface area contributed by atoms with Crippen LogP contribution >= 0.6 is 27.6 Å². The molecule has 0 aliphatic carbocycles. The summed E-state index contributed by atoms with van der Waals surface area (Å²) >= 11 is -1.60. The quantitative estimate of drug-likeness (QED) is 0.467. The van der Waals surface area contributed by atoms with E-state index >= 15 is 0 Å². The van der Waals surface area contributed by atoms with Gasteiger partial charge in [-0.3, -0.25) is 0 Å². The van der Waals surface area contributed by atoms with Gasteiger partial charge >= 0.3 is 108 Å². The van der Waals surface area contributed by atoms with Crippen LogP contribution in [-0.4, -0.2) is 10.9 Å². The first-order valence-electron chi connectivity index (χ1n) is 4.90. The Labute approximate surface area is 107 Å². The Morgan fingerprint density at radius 1 is 1.38 bits per heavy atom. The third kappa shape index (κ3) is 3.35. The molecule has 0 aliphatic rings. The van der Waals surface area contributed by atoms with Gasteiger partial charge in [-0.1, -0.05) is 0 Å². The monoisotopic (exact) mass is 354 g/mol. The van der Waals surface area contributed by atoms with Crippen LogP contribution in [0.5, 0.6) is 0 Å². The Hall–Kier alpha value is -0.290. The van der Waals surface area contributed by atoms with Gasteiger partial charge in [0.05, 0.1) is 0 Å². The molecule has 2 nitrogen and oxygen atoms in total. The van der Waals surface area contributed by atoms with E-state index in [0.717, 1.165) is 9.13 Å². The molecule has 0 saturated carbocycles. The average molecular weight is 355 g/mol. The van der Waals surface area contributed by atoms with Crippen LogP contribution in [0.4, 0.5) is 0 Å². The predicted octanol–water partition coefficient (Wildman–Crippen LogP) is 3.94. The average Bonchev–Trinajstić information content (AvgIpc) is 2.15. The molecule has 1 aromatic rings. The van der Waals surface area contributed by atoms with Crippen molar-refractivity contribution in [1.82, 2.24) is 0 Å². The van der Waals surface area contributed by atoms with Gasteiger partial charge in [-0.05, 0) is 0 Å². The normalized spacial score (nSPS) is 12.2. The number of hydrogen-bond donors (Lipinski definition) is 0. The van der Waals surface area contributed by atoms with Gasteiger partial charge in [-0.2, -0.15) is 0 Å². The van der Waals surface area contributed by atoms with Crippen LogP contribution in [0.2, 0.25) is 0 Å². The number of alkyl halides is 1. The predicted molar refractivity (Wildman–Crippen MR) is 75.7 cm³/mol. The van der Waals surface area contributed by atoms with E-state index in [2.05, 4.69) is 4.93 Å². The first-order chi connectivity index (χ1) is 7.34. The molecule has 0 amide bonds. The number of halogens is 2. The fourth-order valence-electron chi connectivity index (χ4n) is 1.59. The number of carbonyl (C=O) groups is 1. The molecule has 0 spiro atoms. The minimum atomic E-state index is -1.60. The second-order valence-electron chi connectivity index (χ2n) is 3.99. The molecule has 16 heavy (non-hydrogen) atoms. The molecule has 0 unspecified atom stereocenters. The summed E-state index contributed by atoms with van der Waals surface area (Å²) in [4.78, 5) is 13.1. The summed E-state index contributed by atoms with van der Waals surface area (Å²) in [6.07, 6.45) is 0. The van der Waals surface area contributed by atoms with Crippen LogP contribution in [0.3, 0.4) is 0 Å². The minimum absolute atomic E-state index is 0.272. The van der Waals surface area contributed by atoms with Crippen molar-refractivity contribution in [1.29, 1.82) is 0 Å². The van der Waals surface area contributed by atoms with E-state index < -0.39 is 24.3 Å². The Kier molecular flexibility index (Phi) is 4.62. The van der Waals surface area contributed by atoms with E-state index in [9.17, 15) is 4.79 Å². The Morgan fingerprint density at radius 2 is 1.94 bits per heavy atom. The van der Waals surface area contributed by atoms with Gasteiger partial charge in [0.2, 0.25) is 0 Å². The molecule has 0 N–H and O–H groups in total. The second-order valence-corrected chi connectivity index (χ2v) is 10.3. The first-order valence-corrected chi connectivity index (χ1v) is 10.9. The fraction of sp³-hybridized carbons (Fsp3) is 0.417. The standard InChI is InChI=1S/C12H16ClIO2/c1-9(15)16-12(2,3)10-7-5-6-8-11(10)14(4)13/h5-8H,1-4H3. The Morgan fingerprint density at radius 3 is 2.44 bits per heavy atom. The summed E-state index contributed by atoms with van der Waals surface area (Å²) in [7, 11) is 6.27. The van der Waals surface area contributed by atoms with Crippen molar-refractivity contribution in [3.05, 3.63) is 33.4 Å². The van der Waals surface area contributed by atoms with Gasteiger partial charge in [0, 0.05) is 0 Å². The van der Waals surface area contributed by atoms with Crippen LogP contribution in [0.15, 0.2) is 24.3 Å². The number of rotatable bonds is 3. The van der Waals surface area contributed by atoms with E-state index in [1.807, 2.05) is 38.1 Å². The van der Waals surface area contributed by atoms with Crippen LogP contribution in [0.1, 0.15) is 26.3 Å². The fourth-order valence-corrected chi connectivity index (χ4v) is 4.76. The number of carbonyl (C=O) groups excluding carboxylic acids is 1. The van der Waals surface area contributed by atoms with Crippen molar-refractivity contribution in [3.8, 4) is 0 Å². The number of hydrogen-bond acceptors (Lipinski definition) is 2. The van der Waals surface area contributed by atoms with Crippen LogP contribution in [-0.2, 0) is 15.1 Å². The van der Waals surface area contributed by atoms with Crippen molar-refractivity contribution >= 4 is 33.6 Å². The molecule has 1 aromatic carbocycles. The topological polar surface area (TPSA) is 26.3 Å². The number of esters is 1. The summed E-state index contributed by atoms with van der Waals surface area (Å²) in [5.74, 6) is -0.272. The SMILES string of the molecule is CC(=O)OC(C)(C)c1ccccc1I(C)Cl. The summed E-state index contributed by atoms with van der Waals surface area (Å²) in [6.45, 7) is 5.21. The van der Waals surface area contributed by atoms with Crippen molar-refractivity contribution in [2.45, 2.75) is 26.4 Å². The van der Waals surface area contributed by atoms with E-state index in [1.165, 1.54) is 6.92 Å². The zero-order valence-electron chi connectivity index (χ0n) is 9.88. The Bertz CT molecular complexity index is 388. The third-order valence-corrected chi connectivity index (χ3v) is 5.78. The molecule has 0 atom stereocenters. The summed E-state index contributed by atoms with van der Waals surface area (Å²) in [5.41, 5.74) is 0.413. The van der Waals surface area contributed by atoms with E-state index in [1.54, 1.807) is 0 Å². The Balaban J connectivity index is 3.16. The third-order valence-electron chi connectivity index (χ3n) is 2.20. The van der Waals surface area contributed by atoms with Gasteiger partial charge in [-0.25, -0.2) is 0 Å². The molecule has 0 aromatic heterocycles. The molecule has 0 saturated heterocycles. The first kappa shape index (κ1) is 13.8.